The molecule has 1 N–H and O–H groups in total. The van der Waals surface area contributed by atoms with Gasteiger partial charge in [-0.3, -0.25) is 9.55 Å². The first-order valence-electron chi connectivity index (χ1n) is 23.6. The Kier molecular flexibility index (Phi) is 11.7. The van der Waals surface area contributed by atoms with Gasteiger partial charge in [-0.15, -0.1) is 0 Å². The number of aromatic hydroxyl groups is 1. The molecular formula is C61H69N3OSi. The van der Waals surface area contributed by atoms with Gasteiger partial charge in [0.25, 0.3) is 0 Å². The van der Waals surface area contributed by atoms with E-state index in [1.165, 1.54) is 21.9 Å². The fourth-order valence-electron chi connectivity index (χ4n) is 8.91. The molecule has 2 aromatic heterocycles. The molecule has 8 aromatic rings. The van der Waals surface area contributed by atoms with Gasteiger partial charge in [-0.25, -0.2) is 4.98 Å². The number of pyridine rings is 1. The molecule has 0 atom stereocenters. The van der Waals surface area contributed by atoms with Crippen molar-refractivity contribution in [3.05, 3.63) is 162 Å². The van der Waals surface area contributed by atoms with Gasteiger partial charge >= 0.3 is 0 Å². The van der Waals surface area contributed by atoms with Crippen molar-refractivity contribution in [2.45, 2.75) is 124 Å². The number of hydrogen-bond acceptors (Lipinski definition) is 3. The highest BCUT2D eigenvalue weighted by molar-refractivity contribution is 6.88. The van der Waals surface area contributed by atoms with Gasteiger partial charge in [0.2, 0.25) is 0 Å². The molecule has 0 amide bonds. The van der Waals surface area contributed by atoms with E-state index in [2.05, 4.69) is 241 Å². The van der Waals surface area contributed by atoms with E-state index < -0.39 is 8.07 Å². The van der Waals surface area contributed by atoms with Gasteiger partial charge < -0.3 is 5.11 Å². The molecule has 0 unspecified atom stereocenters. The minimum Gasteiger partial charge on any atom is -0.507 e. The van der Waals surface area contributed by atoms with Crippen molar-refractivity contribution in [3.8, 4) is 67.5 Å². The van der Waals surface area contributed by atoms with Gasteiger partial charge in [-0.05, 0) is 103 Å². The molecule has 0 spiro atoms. The maximum Gasteiger partial charge on any atom is 0.149 e. The van der Waals surface area contributed by atoms with Crippen molar-refractivity contribution in [1.82, 2.24) is 14.5 Å². The van der Waals surface area contributed by atoms with E-state index in [0.717, 1.165) is 72.5 Å². The molecule has 0 saturated heterocycles. The molecule has 5 heteroatoms. The number of hydrogen-bond donors (Lipinski definition) is 1. The molecule has 0 aliphatic heterocycles. The summed E-state index contributed by atoms with van der Waals surface area (Å²) in [7, 11) is -1.71. The Balaban J connectivity index is 1.43. The molecular weight excluding hydrogens is 819 g/mol. The van der Waals surface area contributed by atoms with Gasteiger partial charge in [-0.2, -0.15) is 0 Å². The summed E-state index contributed by atoms with van der Waals surface area (Å²) in [6.07, 6.45) is 1.93. The monoisotopic (exact) mass is 888 g/mol. The van der Waals surface area contributed by atoms with Gasteiger partial charge in [-0.1, -0.05) is 199 Å². The molecule has 4 nitrogen and oxygen atoms in total. The summed E-state index contributed by atoms with van der Waals surface area (Å²) in [6.45, 7) is 34.0. The number of imidazole rings is 1. The SMILES string of the molecule is CC(C)(C)c1ccc(-c2ccnc(-c3cc(-c4cccc5c4nc(-c4cc(C(C)(C)C)cc(C(C)(C)C)c4O)n5-c4ccc([Si](C)(C)C)cc4-c4ccccc4)cc(C(C)(C)C)c3)c2)cc1. The van der Waals surface area contributed by atoms with E-state index >= 15 is 0 Å². The lowest BCUT2D eigenvalue weighted by molar-refractivity contribution is 0.446. The van der Waals surface area contributed by atoms with Crippen molar-refractivity contribution >= 4 is 24.3 Å². The summed E-state index contributed by atoms with van der Waals surface area (Å²) >= 11 is 0. The van der Waals surface area contributed by atoms with E-state index in [-0.39, 0.29) is 27.4 Å². The molecule has 0 aliphatic rings. The number of para-hydroxylation sites is 1. The first-order valence-corrected chi connectivity index (χ1v) is 27.1. The Bertz CT molecular complexity index is 3080. The molecule has 66 heavy (non-hydrogen) atoms. The highest BCUT2D eigenvalue weighted by atomic mass is 28.3. The van der Waals surface area contributed by atoms with Crippen LogP contribution in [0, 0.1) is 0 Å². The van der Waals surface area contributed by atoms with Crippen LogP contribution in [0.3, 0.4) is 0 Å². The van der Waals surface area contributed by atoms with Gasteiger partial charge in [0, 0.05) is 28.5 Å². The van der Waals surface area contributed by atoms with Crippen LogP contribution in [-0.2, 0) is 21.7 Å². The smallest absolute Gasteiger partial charge is 0.149 e. The quantitative estimate of drug-likeness (QED) is 0.162. The fourth-order valence-corrected chi connectivity index (χ4v) is 10.1. The molecule has 338 valence electrons. The average molecular weight is 888 g/mol. The number of phenols is 1. The van der Waals surface area contributed by atoms with Crippen LogP contribution < -0.4 is 5.19 Å². The largest absolute Gasteiger partial charge is 0.507 e. The van der Waals surface area contributed by atoms with Gasteiger partial charge in [0.05, 0.1) is 36.1 Å². The van der Waals surface area contributed by atoms with Crippen molar-refractivity contribution in [2.24, 2.45) is 0 Å². The second kappa shape index (κ2) is 16.7. The third kappa shape index (κ3) is 9.20. The maximum absolute atomic E-state index is 12.6. The van der Waals surface area contributed by atoms with Gasteiger partial charge in [0.15, 0.2) is 0 Å². The second-order valence-corrected chi connectivity index (χ2v) is 28.6. The number of fused-ring (bicyclic) bond motifs is 1. The van der Waals surface area contributed by atoms with Crippen LogP contribution >= 0.6 is 0 Å². The number of rotatable bonds is 7. The summed E-state index contributed by atoms with van der Waals surface area (Å²) in [4.78, 5) is 10.7. The molecule has 0 saturated carbocycles. The number of aromatic nitrogens is 3. The lowest BCUT2D eigenvalue weighted by Crippen LogP contribution is -2.37. The number of phenolic OH excluding ortho intramolecular Hbond substituents is 1. The van der Waals surface area contributed by atoms with Crippen molar-refractivity contribution in [3.63, 3.8) is 0 Å². The Labute approximate surface area is 395 Å². The Morgan fingerprint density at radius 3 is 1.73 bits per heavy atom. The van der Waals surface area contributed by atoms with E-state index in [9.17, 15) is 5.11 Å². The predicted octanol–water partition coefficient (Wildman–Crippen LogP) is 16.2. The standard InChI is InChI=1S/C61H69N3OSi/c1-58(2,3)44-26-24-39(25-27-44)41-30-31-62-52(35-41)43-32-42(33-45(34-43)59(4,5)6)48-22-19-23-54-55(48)63-57(50-36-46(60(7,8)9)37-51(56(50)65)61(10,11)12)64(54)53-29-28-47(66(13,14)15)38-49(53)40-20-17-16-18-21-40/h16-38,65H,1-15H3. The molecule has 0 fully saturated rings. The zero-order chi connectivity index (χ0) is 47.7. The Morgan fingerprint density at radius 1 is 0.470 bits per heavy atom. The normalized spacial score (nSPS) is 12.8. The highest BCUT2D eigenvalue weighted by Gasteiger charge is 2.30. The third-order valence-electron chi connectivity index (χ3n) is 13.1. The minimum absolute atomic E-state index is 0.0832. The average Bonchev–Trinajstić information content (AvgIpc) is 3.64. The van der Waals surface area contributed by atoms with Crippen LogP contribution in [0.1, 0.15) is 105 Å². The van der Waals surface area contributed by atoms with Crippen molar-refractivity contribution in [2.75, 3.05) is 0 Å². The third-order valence-corrected chi connectivity index (χ3v) is 15.2. The fraction of sp³-hybridized carbons (Fsp3) is 0.311. The lowest BCUT2D eigenvalue weighted by Gasteiger charge is -2.28. The predicted molar refractivity (Wildman–Crippen MR) is 285 cm³/mol. The van der Waals surface area contributed by atoms with Crippen LogP contribution in [0.2, 0.25) is 19.6 Å². The first kappa shape index (κ1) is 46.5. The van der Waals surface area contributed by atoms with E-state index in [1.807, 2.05) is 6.20 Å². The number of benzene rings is 6. The van der Waals surface area contributed by atoms with E-state index in [4.69, 9.17) is 9.97 Å². The van der Waals surface area contributed by atoms with Crippen molar-refractivity contribution < 1.29 is 5.11 Å². The molecule has 6 aromatic carbocycles. The zero-order valence-electron chi connectivity index (χ0n) is 42.1. The topological polar surface area (TPSA) is 50.9 Å². The molecule has 8 rings (SSSR count). The minimum atomic E-state index is -1.71. The molecule has 2 heterocycles. The summed E-state index contributed by atoms with van der Waals surface area (Å²) < 4.78 is 2.31. The maximum atomic E-state index is 12.6. The van der Waals surface area contributed by atoms with Crippen LogP contribution in [-0.4, -0.2) is 27.7 Å². The van der Waals surface area contributed by atoms with Crippen LogP contribution in [0.4, 0.5) is 0 Å². The lowest BCUT2D eigenvalue weighted by atomic mass is 9.79. The second-order valence-electron chi connectivity index (χ2n) is 23.5. The summed E-state index contributed by atoms with van der Waals surface area (Å²) in [5.74, 6) is 0.980. The van der Waals surface area contributed by atoms with Crippen LogP contribution in [0.25, 0.3) is 72.7 Å². The Hall–Kier alpha value is -6.04. The number of nitrogens with zero attached hydrogens (tertiary/aromatic N) is 3. The van der Waals surface area contributed by atoms with E-state index in [0.29, 0.717) is 5.82 Å². The Morgan fingerprint density at radius 2 is 1.11 bits per heavy atom. The molecule has 0 aliphatic carbocycles. The summed E-state index contributed by atoms with van der Waals surface area (Å²) in [6, 6.07) is 48.8. The molecule has 0 bridgehead atoms. The zero-order valence-corrected chi connectivity index (χ0v) is 43.1. The highest BCUT2D eigenvalue weighted by Crippen LogP contribution is 2.46. The first-order chi connectivity index (χ1) is 30.8. The van der Waals surface area contributed by atoms with Crippen molar-refractivity contribution in [1.29, 1.82) is 0 Å². The molecule has 0 radical (unpaired) electrons. The van der Waals surface area contributed by atoms with Gasteiger partial charge in [0.1, 0.15) is 11.6 Å². The summed E-state index contributed by atoms with van der Waals surface area (Å²) in [5, 5.41) is 14.0. The van der Waals surface area contributed by atoms with Crippen LogP contribution in [0.15, 0.2) is 140 Å². The van der Waals surface area contributed by atoms with Crippen LogP contribution in [0.5, 0.6) is 5.75 Å². The summed E-state index contributed by atoms with van der Waals surface area (Å²) in [5.41, 5.74) is 16.3. The van der Waals surface area contributed by atoms with E-state index in [1.54, 1.807) is 0 Å².